The fraction of sp³-hybridized carbons (Fsp3) is 0.378. The molecule has 2 aliphatic heterocycles. The van der Waals surface area contributed by atoms with Gasteiger partial charge < -0.3 is 24.8 Å². The molecule has 0 saturated heterocycles. The van der Waals surface area contributed by atoms with E-state index >= 15 is 4.39 Å². The van der Waals surface area contributed by atoms with Crippen molar-refractivity contribution >= 4 is 29.6 Å². The molecule has 2 bridgehead atoms. The zero-order valence-corrected chi connectivity index (χ0v) is 30.7. The van der Waals surface area contributed by atoms with Crippen molar-refractivity contribution in [2.45, 2.75) is 70.4 Å². The van der Waals surface area contributed by atoms with Crippen molar-refractivity contribution in [1.29, 1.82) is 0 Å². The molecule has 12 nitrogen and oxygen atoms in total. The molecule has 2 amide bonds. The zero-order valence-electron chi connectivity index (χ0n) is 30.0. The van der Waals surface area contributed by atoms with E-state index in [1.165, 1.54) is 48.5 Å². The Labute approximate surface area is 320 Å². The number of nitrogens with one attached hydrogen (secondary N) is 2. The van der Waals surface area contributed by atoms with Crippen LogP contribution in [0.5, 0.6) is 11.5 Å². The predicted octanol–water partition coefficient (Wildman–Crippen LogP) is 8.28. The normalized spacial score (nSPS) is 20.2. The molecular weight excluding hydrogens is 772 g/mol. The topological polar surface area (TPSA) is 132 Å². The van der Waals surface area contributed by atoms with Crippen molar-refractivity contribution in [1.82, 2.24) is 30.3 Å². The molecule has 1 saturated carbocycles. The molecule has 0 radical (unpaired) electrons. The monoisotopic (exact) mass is 805 g/mol. The molecule has 0 spiro atoms. The van der Waals surface area contributed by atoms with Gasteiger partial charge in [-0.1, -0.05) is 56.6 Å². The van der Waals surface area contributed by atoms with Gasteiger partial charge in [0.05, 0.1) is 16.8 Å². The third-order valence-electron chi connectivity index (χ3n) is 9.39. The molecule has 3 aliphatic rings. The van der Waals surface area contributed by atoms with Gasteiger partial charge in [0, 0.05) is 12.1 Å². The van der Waals surface area contributed by atoms with Crippen LogP contribution in [0.4, 0.5) is 31.1 Å². The molecule has 1 aromatic heterocycles. The third-order valence-corrected chi connectivity index (χ3v) is 9.71. The Balaban J connectivity index is 1.30. The number of nitrogens with zero attached hydrogens (tertiary/aromatic N) is 5. The van der Waals surface area contributed by atoms with Crippen LogP contribution >= 0.6 is 11.6 Å². The highest BCUT2D eigenvalue weighted by molar-refractivity contribution is 6.32. The summed E-state index contributed by atoms with van der Waals surface area (Å²) in [5.74, 6) is -1.65. The molecule has 3 aromatic carbocycles. The Morgan fingerprint density at radius 1 is 1.02 bits per heavy atom. The molecule has 2 N–H and O–H groups in total. The smallest absolute Gasteiger partial charge is 0.447 e. The minimum atomic E-state index is -4.73. The van der Waals surface area contributed by atoms with Crippen LogP contribution in [-0.2, 0) is 4.74 Å². The maximum absolute atomic E-state index is 16.4. The van der Waals surface area contributed by atoms with Gasteiger partial charge >= 0.3 is 18.6 Å². The van der Waals surface area contributed by atoms with E-state index in [2.05, 4.69) is 29.9 Å². The van der Waals surface area contributed by atoms with E-state index in [0.29, 0.717) is 17.5 Å². The lowest BCUT2D eigenvalue weighted by atomic mass is 9.92. The van der Waals surface area contributed by atoms with Crippen molar-refractivity contribution in [2.75, 3.05) is 13.2 Å². The molecule has 1 aliphatic carbocycles. The molecule has 1 unspecified atom stereocenters. The highest BCUT2D eigenvalue weighted by atomic mass is 35.5. The molecular formula is C37H34ClF6N7O5. The second-order valence-corrected chi connectivity index (χ2v) is 15.1. The van der Waals surface area contributed by atoms with Gasteiger partial charge in [0.1, 0.15) is 18.5 Å². The molecule has 4 aromatic rings. The van der Waals surface area contributed by atoms with Crippen LogP contribution in [-0.4, -0.2) is 68.8 Å². The van der Waals surface area contributed by atoms with Crippen molar-refractivity contribution in [3.63, 3.8) is 0 Å². The summed E-state index contributed by atoms with van der Waals surface area (Å²) in [6.07, 6.45) is -11.1. The van der Waals surface area contributed by atoms with E-state index in [9.17, 15) is 31.5 Å². The van der Waals surface area contributed by atoms with Gasteiger partial charge in [0.2, 0.25) is 12.3 Å². The Bertz CT molecular complexity index is 2190. The number of guanidine groups is 1. The molecule has 1 fully saturated rings. The van der Waals surface area contributed by atoms with Crippen LogP contribution in [0, 0.1) is 5.41 Å². The Hall–Kier alpha value is -5.52. The summed E-state index contributed by atoms with van der Waals surface area (Å²) in [5, 5.41) is 8.79. The van der Waals surface area contributed by atoms with E-state index in [1.54, 1.807) is 12.1 Å². The van der Waals surface area contributed by atoms with Crippen LogP contribution in [0.2, 0.25) is 5.02 Å². The summed E-state index contributed by atoms with van der Waals surface area (Å²) in [7, 11) is 0. The summed E-state index contributed by atoms with van der Waals surface area (Å²) >= 11 is 6.54. The summed E-state index contributed by atoms with van der Waals surface area (Å²) in [6.45, 7) is 5.26. The number of halogens is 7. The largest absolute Gasteiger partial charge is 0.586 e. The van der Waals surface area contributed by atoms with Crippen molar-refractivity contribution in [3.8, 4) is 28.3 Å². The number of amides is 2. The summed E-state index contributed by atoms with van der Waals surface area (Å²) < 4.78 is 101. The van der Waals surface area contributed by atoms with Gasteiger partial charge in [0.15, 0.2) is 17.3 Å². The number of hydrogen-bond donors (Lipinski definition) is 2. The van der Waals surface area contributed by atoms with Crippen molar-refractivity contribution in [3.05, 3.63) is 89.0 Å². The first-order chi connectivity index (χ1) is 26.3. The summed E-state index contributed by atoms with van der Waals surface area (Å²) in [6, 6.07) is 13.2. The first kappa shape index (κ1) is 38.7. The van der Waals surface area contributed by atoms with Crippen LogP contribution < -0.4 is 20.1 Å². The lowest BCUT2D eigenvalue weighted by molar-refractivity contribution is -0.286. The van der Waals surface area contributed by atoms with E-state index in [0.717, 1.165) is 15.9 Å². The highest BCUT2D eigenvalue weighted by Gasteiger charge is 2.64. The number of benzene rings is 3. The average molecular weight is 806 g/mol. The van der Waals surface area contributed by atoms with Crippen LogP contribution in [0.25, 0.3) is 16.8 Å². The first-order valence-corrected chi connectivity index (χ1v) is 17.7. The quantitative estimate of drug-likeness (QED) is 0.141. The number of hydrogen-bond acceptors (Lipinski definition) is 8. The number of alkyl halides is 6. The Kier molecular flexibility index (Phi) is 9.83. The van der Waals surface area contributed by atoms with Crippen molar-refractivity contribution < 1.29 is 50.1 Å². The molecule has 56 heavy (non-hydrogen) atoms. The van der Waals surface area contributed by atoms with Gasteiger partial charge in [-0.25, -0.2) is 18.9 Å². The number of rotatable bonds is 7. The average Bonchev–Trinajstić information content (AvgIpc) is 3.62. The van der Waals surface area contributed by atoms with Gasteiger partial charge in [-0.3, -0.25) is 14.7 Å². The highest BCUT2D eigenvalue weighted by Crippen LogP contribution is 2.49. The number of carbonyl (C=O) groups excluding carboxylic acids is 2. The summed E-state index contributed by atoms with van der Waals surface area (Å²) in [5.41, 5.74) is -1.28. The zero-order chi connectivity index (χ0) is 40.2. The van der Waals surface area contributed by atoms with Crippen LogP contribution in [0.1, 0.15) is 74.1 Å². The molecule has 2 atom stereocenters. The number of carbonyl (C=O) groups is 2. The number of aliphatic imine (C=N–C) groups is 1. The second kappa shape index (κ2) is 14.2. The van der Waals surface area contributed by atoms with E-state index in [-0.39, 0.29) is 69.9 Å². The Morgan fingerprint density at radius 2 is 1.71 bits per heavy atom. The van der Waals surface area contributed by atoms with Gasteiger partial charge in [-0.05, 0) is 77.8 Å². The van der Waals surface area contributed by atoms with Crippen molar-refractivity contribution in [2.24, 2.45) is 10.4 Å². The van der Waals surface area contributed by atoms with Gasteiger partial charge in [0.25, 0.3) is 5.91 Å². The fourth-order valence-electron chi connectivity index (χ4n) is 6.14. The fourth-order valence-corrected chi connectivity index (χ4v) is 6.34. The Morgan fingerprint density at radius 3 is 2.39 bits per heavy atom. The second-order valence-electron chi connectivity index (χ2n) is 14.7. The standard InChI is InChI=1S/C37H34ClF6N7O5/c1-34(2,3)14-15-45-32-48-29(39)30-46-19-47-51(30)25-16-23(8-10-24(25)38)26(18-54-33(53)49-35(12-13-35)36(40,41)42)50(32)31(52)21-6-4-20(5-7-21)22-9-11-27-28(17-22)56-37(43,44)55-27/h4-11,16-17,19,26,29H,12-15,18H2,1-3H3,(H,45,48)(H,49,53)/t26-,29?/m1/s1. The SMILES string of the molecule is CC(C)(C)CCN=C1NC(F)c2ncnn2-c2cc(ccc2Cl)[C@@H](COC(=O)NC2(C(F)(F)F)CC2)N1C(=O)c1ccc(-c2ccc3c(c2)OC(F)(F)O3)cc1. The lowest BCUT2D eigenvalue weighted by Gasteiger charge is -2.35. The number of aromatic nitrogens is 3. The van der Waals surface area contributed by atoms with E-state index in [1.807, 2.05) is 26.1 Å². The van der Waals surface area contributed by atoms with E-state index < -0.39 is 49.0 Å². The first-order valence-electron chi connectivity index (χ1n) is 17.3. The minimum absolute atomic E-state index is 0.0274. The number of ether oxygens (including phenoxy) is 3. The van der Waals surface area contributed by atoms with Gasteiger partial charge in [-0.15, -0.1) is 8.78 Å². The van der Waals surface area contributed by atoms with Crippen LogP contribution in [0.3, 0.4) is 0 Å². The predicted molar refractivity (Wildman–Crippen MR) is 189 cm³/mol. The lowest BCUT2D eigenvalue weighted by Crippen LogP contribution is -2.51. The molecule has 296 valence electrons. The molecule has 19 heteroatoms. The third kappa shape index (κ3) is 7.92. The van der Waals surface area contributed by atoms with E-state index in [4.69, 9.17) is 16.3 Å². The van der Waals surface area contributed by atoms with Crippen LogP contribution in [0.15, 0.2) is 72.0 Å². The molecule has 7 rings (SSSR count). The summed E-state index contributed by atoms with van der Waals surface area (Å²) in [4.78, 5) is 37.5. The number of fused-ring (bicyclic) bond motifs is 5. The minimum Gasteiger partial charge on any atom is -0.447 e. The maximum Gasteiger partial charge on any atom is 0.586 e. The maximum atomic E-state index is 16.4. The number of alkyl carbamates (subject to hydrolysis) is 1. The van der Waals surface area contributed by atoms with Gasteiger partial charge in [-0.2, -0.15) is 18.3 Å². The molecule has 3 heterocycles.